The van der Waals surface area contributed by atoms with Crippen LogP contribution in [0.4, 0.5) is 0 Å². The number of rotatable bonds is 7. The molecule has 0 unspecified atom stereocenters. The number of halogens is 1. The minimum atomic E-state index is -0.513. The Hall–Kier alpha value is -4.02. The summed E-state index contributed by atoms with van der Waals surface area (Å²) in [7, 11) is 2.88. The third-order valence-corrected chi connectivity index (χ3v) is 5.68. The Kier molecular flexibility index (Phi) is 7.77. The molecular formula is C26H24ClN3O4. The molecule has 174 valence electrons. The Balaban J connectivity index is 1.84. The van der Waals surface area contributed by atoms with Crippen LogP contribution in [0, 0.1) is 25.2 Å². The number of hydrogen-bond donors (Lipinski definition) is 1. The van der Waals surface area contributed by atoms with Gasteiger partial charge in [0.25, 0.3) is 5.91 Å². The van der Waals surface area contributed by atoms with E-state index in [1.165, 1.54) is 7.11 Å². The molecule has 0 aliphatic heterocycles. The van der Waals surface area contributed by atoms with Crippen molar-refractivity contribution in [2.45, 2.75) is 20.4 Å². The summed E-state index contributed by atoms with van der Waals surface area (Å²) in [6.45, 7) is 4.07. The van der Waals surface area contributed by atoms with Gasteiger partial charge in [0.05, 0.1) is 24.8 Å². The van der Waals surface area contributed by atoms with Crippen LogP contribution in [-0.2, 0) is 16.1 Å². The van der Waals surface area contributed by atoms with Gasteiger partial charge in [0.1, 0.15) is 17.4 Å². The van der Waals surface area contributed by atoms with E-state index in [1.54, 1.807) is 43.5 Å². The lowest BCUT2D eigenvalue weighted by atomic mass is 10.1. The van der Waals surface area contributed by atoms with Gasteiger partial charge in [-0.1, -0.05) is 23.7 Å². The van der Waals surface area contributed by atoms with Gasteiger partial charge in [0.15, 0.2) is 0 Å². The first-order valence-corrected chi connectivity index (χ1v) is 10.8. The Morgan fingerprint density at radius 3 is 2.41 bits per heavy atom. The number of nitriles is 1. The second-order valence-electron chi connectivity index (χ2n) is 7.52. The number of nitrogens with zero attached hydrogens (tertiary/aromatic N) is 2. The molecule has 1 amide bonds. The standard InChI is InChI=1S/C26H24ClN3O4/c1-16-11-19(17(2)30(16)21-7-10-23(24(27)13-21)26(32)34-4)12-20(14-28)25(31)29-15-18-5-8-22(33-3)9-6-18/h5-13H,15H2,1-4H3,(H,29,31)/b20-12-. The van der Waals surface area contributed by atoms with Crippen molar-refractivity contribution in [2.75, 3.05) is 14.2 Å². The van der Waals surface area contributed by atoms with Gasteiger partial charge < -0.3 is 19.4 Å². The molecule has 0 fully saturated rings. The summed E-state index contributed by atoms with van der Waals surface area (Å²) in [6.07, 6.45) is 1.56. The lowest BCUT2D eigenvalue weighted by molar-refractivity contribution is -0.117. The summed E-state index contributed by atoms with van der Waals surface area (Å²) in [4.78, 5) is 24.4. The summed E-state index contributed by atoms with van der Waals surface area (Å²) in [5.41, 5.74) is 4.31. The number of aromatic nitrogens is 1. The highest BCUT2D eigenvalue weighted by Crippen LogP contribution is 2.27. The fourth-order valence-electron chi connectivity index (χ4n) is 3.57. The first-order chi connectivity index (χ1) is 16.3. The SMILES string of the molecule is COC(=O)c1ccc(-n2c(C)cc(/C=C(/C#N)C(=O)NCc3ccc(OC)cc3)c2C)cc1Cl. The van der Waals surface area contributed by atoms with Gasteiger partial charge in [0.2, 0.25) is 0 Å². The molecule has 1 heterocycles. The summed E-state index contributed by atoms with van der Waals surface area (Å²) in [5.74, 6) is -0.252. The normalized spacial score (nSPS) is 11.0. The van der Waals surface area contributed by atoms with Gasteiger partial charge in [-0.2, -0.15) is 5.26 Å². The number of ether oxygens (including phenoxy) is 2. The van der Waals surface area contributed by atoms with E-state index in [4.69, 9.17) is 21.1 Å². The minimum Gasteiger partial charge on any atom is -0.497 e. The van der Waals surface area contributed by atoms with Crippen molar-refractivity contribution in [3.8, 4) is 17.5 Å². The van der Waals surface area contributed by atoms with E-state index >= 15 is 0 Å². The van der Waals surface area contributed by atoms with Crippen molar-refractivity contribution in [1.29, 1.82) is 5.26 Å². The van der Waals surface area contributed by atoms with Crippen molar-refractivity contribution in [2.24, 2.45) is 0 Å². The van der Waals surface area contributed by atoms with Crippen LogP contribution in [0.1, 0.15) is 32.9 Å². The van der Waals surface area contributed by atoms with Gasteiger partial charge in [-0.3, -0.25) is 4.79 Å². The molecule has 0 bridgehead atoms. The Morgan fingerprint density at radius 2 is 1.82 bits per heavy atom. The van der Waals surface area contributed by atoms with Crippen LogP contribution in [0.15, 0.2) is 54.1 Å². The highest BCUT2D eigenvalue weighted by molar-refractivity contribution is 6.33. The molecule has 0 saturated heterocycles. The van der Waals surface area contributed by atoms with Crippen molar-refractivity contribution in [3.05, 3.63) is 87.2 Å². The first-order valence-electron chi connectivity index (χ1n) is 10.4. The number of methoxy groups -OCH3 is 2. The summed E-state index contributed by atoms with van der Waals surface area (Å²) < 4.78 is 11.8. The highest BCUT2D eigenvalue weighted by Gasteiger charge is 2.16. The second kappa shape index (κ2) is 10.7. The first kappa shape index (κ1) is 24.6. The summed E-state index contributed by atoms with van der Waals surface area (Å²) in [5, 5.41) is 12.6. The van der Waals surface area contributed by atoms with E-state index in [9.17, 15) is 14.9 Å². The van der Waals surface area contributed by atoms with Crippen LogP contribution >= 0.6 is 11.6 Å². The average Bonchev–Trinajstić information content (AvgIpc) is 3.13. The number of nitrogens with one attached hydrogen (secondary N) is 1. The molecule has 0 radical (unpaired) electrons. The van der Waals surface area contributed by atoms with Gasteiger partial charge in [-0.15, -0.1) is 0 Å². The average molecular weight is 478 g/mol. The fraction of sp³-hybridized carbons (Fsp3) is 0.192. The smallest absolute Gasteiger partial charge is 0.339 e. The predicted molar refractivity (Wildman–Crippen MR) is 130 cm³/mol. The summed E-state index contributed by atoms with van der Waals surface area (Å²) >= 11 is 6.29. The number of aryl methyl sites for hydroxylation is 1. The number of esters is 1. The van der Waals surface area contributed by atoms with E-state index in [-0.39, 0.29) is 22.7 Å². The highest BCUT2D eigenvalue weighted by atomic mass is 35.5. The minimum absolute atomic E-state index is 0.00664. The Labute approximate surface area is 203 Å². The molecule has 7 nitrogen and oxygen atoms in total. The molecule has 3 aromatic rings. The molecule has 0 saturated carbocycles. The third-order valence-electron chi connectivity index (χ3n) is 5.36. The maximum Gasteiger partial charge on any atom is 0.339 e. The van der Waals surface area contributed by atoms with Crippen molar-refractivity contribution >= 4 is 29.6 Å². The second-order valence-corrected chi connectivity index (χ2v) is 7.93. The van der Waals surface area contributed by atoms with Crippen molar-refractivity contribution < 1.29 is 19.1 Å². The largest absolute Gasteiger partial charge is 0.497 e. The lowest BCUT2D eigenvalue weighted by Crippen LogP contribution is -2.23. The maximum atomic E-state index is 12.6. The predicted octanol–water partition coefficient (Wildman–Crippen LogP) is 4.77. The van der Waals surface area contributed by atoms with Crippen LogP contribution in [0.5, 0.6) is 5.75 Å². The third kappa shape index (κ3) is 5.30. The topological polar surface area (TPSA) is 93.4 Å². The van der Waals surface area contributed by atoms with Gasteiger partial charge in [-0.05, 0) is 67.4 Å². The Bertz CT molecular complexity index is 1300. The number of hydrogen-bond acceptors (Lipinski definition) is 5. The maximum absolute atomic E-state index is 12.6. The molecule has 3 rings (SSSR count). The molecule has 0 aliphatic rings. The number of carbonyl (C=O) groups is 2. The van der Waals surface area contributed by atoms with Crippen LogP contribution < -0.4 is 10.1 Å². The number of carbonyl (C=O) groups excluding carboxylic acids is 2. The molecule has 0 spiro atoms. The number of benzene rings is 2. The van der Waals surface area contributed by atoms with Crippen LogP contribution in [-0.4, -0.2) is 30.7 Å². The fourth-order valence-corrected chi connectivity index (χ4v) is 3.83. The molecule has 0 aliphatic carbocycles. The quantitative estimate of drug-likeness (QED) is 0.300. The number of amides is 1. The zero-order valence-electron chi connectivity index (χ0n) is 19.3. The van der Waals surface area contributed by atoms with Crippen LogP contribution in [0.2, 0.25) is 5.02 Å². The van der Waals surface area contributed by atoms with Crippen LogP contribution in [0.25, 0.3) is 11.8 Å². The molecule has 1 N–H and O–H groups in total. The van der Waals surface area contributed by atoms with Gasteiger partial charge in [0, 0.05) is 23.6 Å². The molecule has 34 heavy (non-hydrogen) atoms. The van der Waals surface area contributed by atoms with E-state index in [2.05, 4.69) is 5.32 Å². The van der Waals surface area contributed by atoms with Crippen molar-refractivity contribution in [1.82, 2.24) is 9.88 Å². The monoisotopic (exact) mass is 477 g/mol. The molecule has 2 aromatic carbocycles. The molecular weight excluding hydrogens is 454 g/mol. The Morgan fingerprint density at radius 1 is 1.12 bits per heavy atom. The van der Waals surface area contributed by atoms with Crippen LogP contribution in [0.3, 0.4) is 0 Å². The van der Waals surface area contributed by atoms with E-state index in [0.29, 0.717) is 0 Å². The van der Waals surface area contributed by atoms with Gasteiger partial charge >= 0.3 is 5.97 Å². The lowest BCUT2D eigenvalue weighted by Gasteiger charge is -2.12. The van der Waals surface area contributed by atoms with E-state index in [0.717, 1.165) is 34.0 Å². The molecule has 8 heteroatoms. The van der Waals surface area contributed by atoms with Gasteiger partial charge in [-0.25, -0.2) is 4.79 Å². The molecule has 1 aromatic heterocycles. The summed E-state index contributed by atoms with van der Waals surface area (Å²) in [6, 6.07) is 16.2. The zero-order valence-corrected chi connectivity index (χ0v) is 20.1. The zero-order chi connectivity index (χ0) is 24.8. The van der Waals surface area contributed by atoms with E-state index < -0.39 is 11.9 Å². The van der Waals surface area contributed by atoms with E-state index in [1.807, 2.05) is 42.7 Å². The van der Waals surface area contributed by atoms with Crippen molar-refractivity contribution in [3.63, 3.8) is 0 Å². The molecule has 0 atom stereocenters.